The molecule has 0 saturated carbocycles. The van der Waals surface area contributed by atoms with Gasteiger partial charge >= 0.3 is 11.7 Å². The van der Waals surface area contributed by atoms with Gasteiger partial charge in [-0.25, -0.2) is 14.5 Å². The molecule has 2 N–H and O–H groups in total. The van der Waals surface area contributed by atoms with Crippen molar-refractivity contribution in [1.29, 1.82) is 0 Å². The molecule has 0 saturated heterocycles. The third-order valence-corrected chi connectivity index (χ3v) is 3.06. The smallest absolute Gasteiger partial charge is 0.363 e. The number of carbonyl (C=O) groups is 1. The summed E-state index contributed by atoms with van der Waals surface area (Å²) < 4.78 is 1.02. The highest BCUT2D eigenvalue weighted by Crippen LogP contribution is 2.19. The maximum atomic E-state index is 11.4. The number of nitrogens with one attached hydrogen (secondary N) is 1. The molecule has 0 bridgehead atoms. The fourth-order valence-corrected chi connectivity index (χ4v) is 1.83. The third kappa shape index (κ3) is 2.31. The van der Waals surface area contributed by atoms with Gasteiger partial charge in [0.2, 0.25) is 5.69 Å². The van der Waals surface area contributed by atoms with Gasteiger partial charge in [-0.15, -0.1) is 0 Å². The topological polar surface area (TPSA) is 144 Å². The summed E-state index contributed by atoms with van der Waals surface area (Å²) in [4.78, 5) is 38.2. The number of hydrogen-bond acceptors (Lipinski definition) is 6. The van der Waals surface area contributed by atoms with Gasteiger partial charge in [-0.1, -0.05) is 0 Å². The first kappa shape index (κ1) is 13.1. The van der Waals surface area contributed by atoms with Crippen molar-refractivity contribution in [2.75, 3.05) is 0 Å². The highest BCUT2D eigenvalue weighted by Gasteiger charge is 2.26. The third-order valence-electron chi connectivity index (χ3n) is 2.09. The minimum Gasteiger partial charge on any atom is -0.476 e. The summed E-state index contributed by atoms with van der Waals surface area (Å²) in [6.07, 6.45) is 1.99. The molecule has 0 aliphatic carbocycles. The van der Waals surface area contributed by atoms with Crippen molar-refractivity contribution in [1.82, 2.24) is 19.7 Å². The van der Waals surface area contributed by atoms with Crippen LogP contribution in [0, 0.1) is 13.7 Å². The lowest BCUT2D eigenvalue weighted by Gasteiger charge is -2.00. The summed E-state index contributed by atoms with van der Waals surface area (Å²) in [5.41, 5.74) is -1.85. The molecule has 0 aliphatic heterocycles. The first-order chi connectivity index (χ1) is 8.91. The molecule has 0 radical (unpaired) electrons. The number of carboxylic acids is 1. The molecule has 10 nitrogen and oxygen atoms in total. The van der Waals surface area contributed by atoms with Crippen LogP contribution in [0.1, 0.15) is 10.5 Å². The van der Waals surface area contributed by atoms with Gasteiger partial charge in [0, 0.05) is 0 Å². The molecule has 0 atom stereocenters. The molecule has 2 aromatic rings. The fourth-order valence-electron chi connectivity index (χ4n) is 1.29. The van der Waals surface area contributed by atoms with Gasteiger partial charge in [0.15, 0.2) is 5.82 Å². The van der Waals surface area contributed by atoms with Crippen molar-refractivity contribution < 1.29 is 14.8 Å². The quantitative estimate of drug-likeness (QED) is 0.441. The molecule has 0 spiro atoms. The van der Waals surface area contributed by atoms with Crippen molar-refractivity contribution in [2.45, 2.75) is 0 Å². The van der Waals surface area contributed by atoms with Gasteiger partial charge in [-0.05, 0) is 22.6 Å². The minimum atomic E-state index is -1.54. The molecular formula is C8H4IN5O5. The van der Waals surface area contributed by atoms with Crippen molar-refractivity contribution >= 4 is 34.2 Å². The Morgan fingerprint density at radius 1 is 1.58 bits per heavy atom. The molecule has 0 aliphatic rings. The van der Waals surface area contributed by atoms with Gasteiger partial charge in [-0.3, -0.25) is 14.9 Å². The predicted octanol–water partition coefficient (Wildman–Crippen LogP) is 0.167. The van der Waals surface area contributed by atoms with E-state index in [1.165, 1.54) is 0 Å². The van der Waals surface area contributed by atoms with Crippen LogP contribution in [0.2, 0.25) is 0 Å². The van der Waals surface area contributed by atoms with Crippen LogP contribution in [0.15, 0.2) is 17.3 Å². The maximum Gasteiger partial charge on any atom is 0.363 e. The summed E-state index contributed by atoms with van der Waals surface area (Å²) in [5, 5.41) is 23.1. The van der Waals surface area contributed by atoms with Crippen molar-refractivity contribution in [3.63, 3.8) is 0 Å². The van der Waals surface area contributed by atoms with E-state index in [0.29, 0.717) is 0 Å². The number of nitro groups is 1. The summed E-state index contributed by atoms with van der Waals surface area (Å²) in [6.45, 7) is 0. The van der Waals surface area contributed by atoms with Crippen LogP contribution in [-0.2, 0) is 0 Å². The van der Waals surface area contributed by atoms with E-state index in [1.54, 1.807) is 22.6 Å². The van der Waals surface area contributed by atoms with Crippen LogP contribution in [0.4, 0.5) is 5.69 Å². The van der Waals surface area contributed by atoms with Gasteiger partial charge in [0.05, 0.1) is 11.3 Å². The Morgan fingerprint density at radius 3 is 2.79 bits per heavy atom. The molecule has 11 heteroatoms. The van der Waals surface area contributed by atoms with E-state index < -0.39 is 27.8 Å². The molecule has 0 fully saturated rings. The number of aromatic amines is 1. The lowest BCUT2D eigenvalue weighted by molar-refractivity contribution is -0.385. The Balaban J connectivity index is 2.68. The first-order valence-corrected chi connectivity index (χ1v) is 5.70. The fraction of sp³-hybridized carbons (Fsp3) is 0. The molecule has 98 valence electrons. The summed E-state index contributed by atoms with van der Waals surface area (Å²) in [6, 6.07) is 0. The second-order valence-electron chi connectivity index (χ2n) is 3.24. The van der Waals surface area contributed by atoms with E-state index in [-0.39, 0.29) is 9.39 Å². The monoisotopic (exact) mass is 377 g/mol. The summed E-state index contributed by atoms with van der Waals surface area (Å²) >= 11 is 1.68. The molecule has 2 rings (SSSR count). The highest BCUT2D eigenvalue weighted by atomic mass is 127. The molecule has 2 aromatic heterocycles. The first-order valence-electron chi connectivity index (χ1n) is 4.62. The average Bonchev–Trinajstić information content (AvgIpc) is 2.77. The maximum absolute atomic E-state index is 11.4. The number of carboxylic acid groups (broad SMARTS) is 1. The van der Waals surface area contributed by atoms with E-state index in [0.717, 1.165) is 17.2 Å². The Bertz CT molecular complexity index is 704. The number of hydrogen-bond donors (Lipinski definition) is 2. The zero-order valence-electron chi connectivity index (χ0n) is 8.90. The highest BCUT2D eigenvalue weighted by molar-refractivity contribution is 14.1. The Labute approximate surface area is 117 Å². The predicted molar refractivity (Wildman–Crippen MR) is 68.3 cm³/mol. The lowest BCUT2D eigenvalue weighted by atomic mass is 10.4. The van der Waals surface area contributed by atoms with E-state index in [4.69, 9.17) is 5.11 Å². The van der Waals surface area contributed by atoms with E-state index in [2.05, 4.69) is 15.1 Å². The summed E-state index contributed by atoms with van der Waals surface area (Å²) in [7, 11) is 0. The molecule has 19 heavy (non-hydrogen) atoms. The van der Waals surface area contributed by atoms with Crippen LogP contribution < -0.4 is 5.56 Å². The van der Waals surface area contributed by atoms with E-state index in [1.807, 2.05) is 0 Å². The Kier molecular flexibility index (Phi) is 3.28. The van der Waals surface area contributed by atoms with E-state index in [9.17, 15) is 19.7 Å². The van der Waals surface area contributed by atoms with Gasteiger partial charge < -0.3 is 10.1 Å². The number of aromatic carboxylic acids is 1. The van der Waals surface area contributed by atoms with Gasteiger partial charge in [-0.2, -0.15) is 5.10 Å². The molecule has 0 amide bonds. The zero-order valence-corrected chi connectivity index (χ0v) is 11.1. The minimum absolute atomic E-state index is 0.0138. The molecular weight excluding hydrogens is 373 g/mol. The molecule has 0 aromatic carbocycles. The molecule has 0 unspecified atom stereocenters. The van der Waals surface area contributed by atoms with Crippen molar-refractivity contribution in [3.8, 4) is 5.82 Å². The lowest BCUT2D eigenvalue weighted by Crippen LogP contribution is -2.15. The zero-order chi connectivity index (χ0) is 14.2. The van der Waals surface area contributed by atoms with Crippen molar-refractivity contribution in [2.24, 2.45) is 0 Å². The van der Waals surface area contributed by atoms with Crippen LogP contribution >= 0.6 is 22.6 Å². The Morgan fingerprint density at radius 2 is 2.26 bits per heavy atom. The molecule has 2 heterocycles. The standard InChI is InChI=1S/C8H4IN5O5/c9-4-6(10-2-11-7(4)15)13-1-3(14(18)19)5(12-13)8(16)17/h1-2H,(H,16,17)(H,10,11,15). The second-order valence-corrected chi connectivity index (χ2v) is 4.32. The number of halogens is 1. The second kappa shape index (κ2) is 4.75. The summed E-state index contributed by atoms with van der Waals surface area (Å²) in [5.74, 6) is -1.52. The number of H-pyrrole nitrogens is 1. The number of nitrogens with zero attached hydrogens (tertiary/aromatic N) is 4. The Hall–Kier alpha value is -2.31. The SMILES string of the molecule is O=C(O)c1nn(-c2nc[nH]c(=O)c2I)cc1[N+](=O)[O-]. The van der Waals surface area contributed by atoms with Crippen LogP contribution in [0.5, 0.6) is 0 Å². The average molecular weight is 377 g/mol. The van der Waals surface area contributed by atoms with Crippen LogP contribution in [0.25, 0.3) is 5.82 Å². The largest absolute Gasteiger partial charge is 0.476 e. The van der Waals surface area contributed by atoms with Gasteiger partial charge in [0.1, 0.15) is 9.77 Å². The van der Waals surface area contributed by atoms with Crippen LogP contribution in [-0.4, -0.2) is 35.7 Å². The normalized spacial score (nSPS) is 10.4. The number of aromatic nitrogens is 4. The van der Waals surface area contributed by atoms with Gasteiger partial charge in [0.25, 0.3) is 5.56 Å². The van der Waals surface area contributed by atoms with Crippen LogP contribution in [0.3, 0.4) is 0 Å². The van der Waals surface area contributed by atoms with E-state index >= 15 is 0 Å². The number of rotatable bonds is 3. The van der Waals surface area contributed by atoms with Crippen molar-refractivity contribution in [3.05, 3.63) is 42.3 Å².